The first-order valence-corrected chi connectivity index (χ1v) is 8.67. The van der Waals surface area contributed by atoms with Crippen LogP contribution in [-0.2, 0) is 4.79 Å². The number of piperazine rings is 1. The normalized spacial score (nSPS) is 15.7. The van der Waals surface area contributed by atoms with Crippen molar-refractivity contribution in [2.24, 2.45) is 0 Å². The predicted octanol–water partition coefficient (Wildman–Crippen LogP) is 3.65. The second-order valence-electron chi connectivity index (χ2n) is 6.22. The third-order valence-electron chi connectivity index (χ3n) is 4.22. The lowest BCUT2D eigenvalue weighted by Gasteiger charge is -2.35. The number of benzene rings is 1. The third kappa shape index (κ3) is 4.65. The SMILES string of the molecule is Cc1ccc(/C=C/C(=O)Nc2cc(Cl)ccc2N2CCN(C)CC2)o1. The smallest absolute Gasteiger partial charge is 0.248 e. The summed E-state index contributed by atoms with van der Waals surface area (Å²) in [4.78, 5) is 16.8. The fourth-order valence-electron chi connectivity index (χ4n) is 2.81. The molecule has 132 valence electrons. The van der Waals surface area contributed by atoms with Crippen molar-refractivity contribution in [2.75, 3.05) is 43.4 Å². The van der Waals surface area contributed by atoms with Crippen LogP contribution in [0.2, 0.25) is 5.02 Å². The summed E-state index contributed by atoms with van der Waals surface area (Å²) in [6.07, 6.45) is 3.12. The number of rotatable bonds is 4. The summed E-state index contributed by atoms with van der Waals surface area (Å²) in [6, 6.07) is 9.29. The van der Waals surface area contributed by atoms with Gasteiger partial charge in [-0.2, -0.15) is 0 Å². The molecule has 1 fully saturated rings. The van der Waals surface area contributed by atoms with E-state index in [1.165, 1.54) is 6.08 Å². The fourth-order valence-corrected chi connectivity index (χ4v) is 2.98. The van der Waals surface area contributed by atoms with Gasteiger partial charge in [-0.15, -0.1) is 0 Å². The van der Waals surface area contributed by atoms with Crippen molar-refractivity contribution in [2.45, 2.75) is 6.92 Å². The lowest BCUT2D eigenvalue weighted by Crippen LogP contribution is -2.44. The van der Waals surface area contributed by atoms with E-state index in [2.05, 4.69) is 22.2 Å². The van der Waals surface area contributed by atoms with Crippen LogP contribution in [0.5, 0.6) is 0 Å². The number of hydrogen-bond donors (Lipinski definition) is 1. The molecule has 25 heavy (non-hydrogen) atoms. The first-order valence-electron chi connectivity index (χ1n) is 8.30. The van der Waals surface area contributed by atoms with Gasteiger partial charge in [-0.3, -0.25) is 4.79 Å². The molecule has 1 aromatic heterocycles. The highest BCUT2D eigenvalue weighted by atomic mass is 35.5. The molecule has 1 N–H and O–H groups in total. The average Bonchev–Trinajstić information content (AvgIpc) is 3.00. The van der Waals surface area contributed by atoms with Crippen molar-refractivity contribution in [3.8, 4) is 0 Å². The van der Waals surface area contributed by atoms with Crippen molar-refractivity contribution in [1.82, 2.24) is 4.90 Å². The molecule has 1 saturated heterocycles. The standard InChI is InChI=1S/C19H22ClN3O2/c1-14-3-5-16(25-14)6-8-19(24)21-17-13-15(20)4-7-18(17)23-11-9-22(2)10-12-23/h3-8,13H,9-12H2,1-2H3,(H,21,24)/b8-6+. The van der Waals surface area contributed by atoms with E-state index in [1.54, 1.807) is 12.1 Å². The molecule has 2 aromatic rings. The van der Waals surface area contributed by atoms with Gasteiger partial charge in [0.15, 0.2) is 0 Å². The van der Waals surface area contributed by atoms with Crippen LogP contribution in [0.4, 0.5) is 11.4 Å². The summed E-state index contributed by atoms with van der Waals surface area (Å²) < 4.78 is 5.43. The molecule has 0 saturated carbocycles. The molecule has 5 nitrogen and oxygen atoms in total. The fraction of sp³-hybridized carbons (Fsp3) is 0.316. The summed E-state index contributed by atoms with van der Waals surface area (Å²) in [5.41, 5.74) is 1.72. The number of likely N-dealkylation sites (N-methyl/N-ethyl adjacent to an activating group) is 1. The quantitative estimate of drug-likeness (QED) is 0.847. The summed E-state index contributed by atoms with van der Waals surface area (Å²) in [5.74, 6) is 1.25. The molecule has 6 heteroatoms. The van der Waals surface area contributed by atoms with Gasteiger partial charge in [0, 0.05) is 37.3 Å². The van der Waals surface area contributed by atoms with Gasteiger partial charge < -0.3 is 19.5 Å². The summed E-state index contributed by atoms with van der Waals surface area (Å²) in [5, 5.41) is 3.53. The molecule has 1 aromatic carbocycles. The largest absolute Gasteiger partial charge is 0.462 e. The zero-order valence-electron chi connectivity index (χ0n) is 14.5. The minimum atomic E-state index is -0.216. The van der Waals surface area contributed by atoms with Crippen LogP contribution in [0.25, 0.3) is 6.08 Å². The first-order chi connectivity index (χ1) is 12.0. The Bertz CT molecular complexity index is 777. The average molecular weight is 360 g/mol. The number of furan rings is 1. The molecule has 0 radical (unpaired) electrons. The van der Waals surface area contributed by atoms with Gasteiger partial charge in [0.25, 0.3) is 0 Å². The third-order valence-corrected chi connectivity index (χ3v) is 4.46. The maximum atomic E-state index is 12.3. The zero-order chi connectivity index (χ0) is 17.8. The van der Waals surface area contributed by atoms with Crippen molar-refractivity contribution >= 4 is 35.0 Å². The van der Waals surface area contributed by atoms with E-state index < -0.39 is 0 Å². The molecule has 1 amide bonds. The monoisotopic (exact) mass is 359 g/mol. The van der Waals surface area contributed by atoms with Crippen molar-refractivity contribution < 1.29 is 9.21 Å². The molecule has 0 unspecified atom stereocenters. The lowest BCUT2D eigenvalue weighted by atomic mass is 10.2. The molecule has 0 atom stereocenters. The number of amides is 1. The Hall–Kier alpha value is -2.24. The van der Waals surface area contributed by atoms with Crippen LogP contribution >= 0.6 is 11.6 Å². The molecule has 1 aliphatic heterocycles. The Kier molecular flexibility index (Phi) is 5.46. The van der Waals surface area contributed by atoms with Gasteiger partial charge in [-0.1, -0.05) is 11.6 Å². The molecule has 0 aliphatic carbocycles. The highest BCUT2D eigenvalue weighted by Crippen LogP contribution is 2.30. The van der Waals surface area contributed by atoms with Crippen LogP contribution in [-0.4, -0.2) is 44.0 Å². The molecular weight excluding hydrogens is 338 g/mol. The van der Waals surface area contributed by atoms with Crippen LogP contribution in [0.3, 0.4) is 0 Å². The number of aryl methyl sites for hydroxylation is 1. The predicted molar refractivity (Wildman–Crippen MR) is 102 cm³/mol. The van der Waals surface area contributed by atoms with Gasteiger partial charge >= 0.3 is 0 Å². The number of carbonyl (C=O) groups is 1. The second-order valence-corrected chi connectivity index (χ2v) is 6.66. The van der Waals surface area contributed by atoms with Gasteiger partial charge in [0.1, 0.15) is 11.5 Å². The van der Waals surface area contributed by atoms with E-state index >= 15 is 0 Å². The number of anilines is 2. The molecule has 0 spiro atoms. The number of halogens is 1. The molecule has 0 bridgehead atoms. The number of nitrogens with one attached hydrogen (secondary N) is 1. The first kappa shape index (κ1) is 17.6. The van der Waals surface area contributed by atoms with Crippen LogP contribution in [0, 0.1) is 6.92 Å². The van der Waals surface area contributed by atoms with Gasteiger partial charge in [-0.05, 0) is 50.4 Å². The molecular formula is C19H22ClN3O2. The molecule has 1 aliphatic rings. The summed E-state index contributed by atoms with van der Waals surface area (Å²) in [6.45, 7) is 5.69. The topological polar surface area (TPSA) is 48.7 Å². The highest BCUT2D eigenvalue weighted by molar-refractivity contribution is 6.31. The highest BCUT2D eigenvalue weighted by Gasteiger charge is 2.18. The van der Waals surface area contributed by atoms with Gasteiger partial charge in [0.05, 0.1) is 11.4 Å². The van der Waals surface area contributed by atoms with Crippen LogP contribution < -0.4 is 10.2 Å². The van der Waals surface area contributed by atoms with Gasteiger partial charge in [0.2, 0.25) is 5.91 Å². The summed E-state index contributed by atoms with van der Waals surface area (Å²) >= 11 is 6.13. The van der Waals surface area contributed by atoms with Crippen molar-refractivity contribution in [3.63, 3.8) is 0 Å². The Morgan fingerprint density at radius 3 is 2.64 bits per heavy atom. The minimum absolute atomic E-state index is 0.216. The van der Waals surface area contributed by atoms with E-state index in [0.29, 0.717) is 10.8 Å². The van der Waals surface area contributed by atoms with E-state index in [4.69, 9.17) is 16.0 Å². The van der Waals surface area contributed by atoms with E-state index in [0.717, 1.165) is 43.3 Å². The van der Waals surface area contributed by atoms with E-state index in [1.807, 2.05) is 31.2 Å². The van der Waals surface area contributed by atoms with Crippen LogP contribution in [0.1, 0.15) is 11.5 Å². The Morgan fingerprint density at radius 1 is 1.20 bits per heavy atom. The van der Waals surface area contributed by atoms with Crippen molar-refractivity contribution in [3.05, 3.63) is 53.0 Å². The maximum Gasteiger partial charge on any atom is 0.248 e. The molecule has 3 rings (SSSR count). The molecule has 2 heterocycles. The Labute approximate surface area is 152 Å². The Balaban J connectivity index is 1.73. The number of nitrogens with zero attached hydrogens (tertiary/aromatic N) is 2. The van der Waals surface area contributed by atoms with E-state index in [-0.39, 0.29) is 5.91 Å². The van der Waals surface area contributed by atoms with E-state index in [9.17, 15) is 4.79 Å². The minimum Gasteiger partial charge on any atom is -0.462 e. The number of carbonyl (C=O) groups excluding carboxylic acids is 1. The maximum absolute atomic E-state index is 12.3. The van der Waals surface area contributed by atoms with Crippen LogP contribution in [0.15, 0.2) is 40.8 Å². The Morgan fingerprint density at radius 2 is 1.96 bits per heavy atom. The zero-order valence-corrected chi connectivity index (χ0v) is 15.2. The lowest BCUT2D eigenvalue weighted by molar-refractivity contribution is -0.111. The summed E-state index contributed by atoms with van der Waals surface area (Å²) in [7, 11) is 2.11. The second kappa shape index (κ2) is 7.76. The van der Waals surface area contributed by atoms with Gasteiger partial charge in [-0.25, -0.2) is 0 Å². The van der Waals surface area contributed by atoms with Crippen molar-refractivity contribution in [1.29, 1.82) is 0 Å². The number of hydrogen-bond acceptors (Lipinski definition) is 4.